The number of hydrogen-bond acceptors (Lipinski definition) is 5. The van der Waals surface area contributed by atoms with Gasteiger partial charge in [-0.1, -0.05) is 30.0 Å². The van der Waals surface area contributed by atoms with E-state index in [0.717, 1.165) is 4.90 Å². The number of piperazine rings is 1. The molecule has 8 heteroatoms. The van der Waals surface area contributed by atoms with Crippen molar-refractivity contribution in [3.05, 3.63) is 41.8 Å². The van der Waals surface area contributed by atoms with Crippen LogP contribution in [0.5, 0.6) is 0 Å². The van der Waals surface area contributed by atoms with Crippen molar-refractivity contribution in [2.45, 2.75) is 30.2 Å². The Labute approximate surface area is 175 Å². The number of piperidine rings is 1. The van der Waals surface area contributed by atoms with Crippen LogP contribution in [-0.4, -0.2) is 72.3 Å². The zero-order valence-electron chi connectivity index (χ0n) is 16.7. The first-order chi connectivity index (χ1) is 14.0. The summed E-state index contributed by atoms with van der Waals surface area (Å²) in [6, 6.07) is 9.80. The Bertz CT molecular complexity index is 754. The summed E-state index contributed by atoms with van der Waals surface area (Å²) in [5.41, 5.74) is -0.886. The minimum Gasteiger partial charge on any atom is -0.339 e. The smallest absolute Gasteiger partial charge is 0.248 e. The first kappa shape index (κ1) is 21.4. The van der Waals surface area contributed by atoms with Crippen LogP contribution < -0.4 is 10.6 Å². The molecule has 1 aromatic carbocycles. The van der Waals surface area contributed by atoms with E-state index in [1.54, 1.807) is 22.1 Å². The highest BCUT2D eigenvalue weighted by Crippen LogP contribution is 2.23. The molecule has 0 atom stereocenters. The molecular formula is C21H28N4O3S. The van der Waals surface area contributed by atoms with Crippen molar-refractivity contribution in [2.75, 3.05) is 39.3 Å². The molecule has 0 bridgehead atoms. The Morgan fingerprint density at radius 2 is 1.66 bits per heavy atom. The molecule has 2 aliphatic heterocycles. The standard InChI is InChI=1S/C21H28N4O3S/c1-17(26)24-12-14-25(15-13-24)20(28)21(8-10-22-11-9-21)23-19(27)7-16-29-18-5-3-2-4-6-18/h2-7,16,22H,8-15H2,1H3,(H,23,27)/b16-7+. The van der Waals surface area contributed by atoms with Crippen molar-refractivity contribution in [1.82, 2.24) is 20.4 Å². The van der Waals surface area contributed by atoms with E-state index in [1.807, 2.05) is 30.3 Å². The topological polar surface area (TPSA) is 81.8 Å². The summed E-state index contributed by atoms with van der Waals surface area (Å²) in [4.78, 5) is 42.0. The molecule has 3 rings (SSSR count). The van der Waals surface area contributed by atoms with Crippen LogP contribution in [0.1, 0.15) is 19.8 Å². The number of carbonyl (C=O) groups excluding carboxylic acids is 3. The maximum Gasteiger partial charge on any atom is 0.248 e. The van der Waals surface area contributed by atoms with Gasteiger partial charge in [-0.25, -0.2) is 0 Å². The van der Waals surface area contributed by atoms with Crippen LogP contribution >= 0.6 is 11.8 Å². The fourth-order valence-electron chi connectivity index (χ4n) is 3.72. The highest BCUT2D eigenvalue weighted by Gasteiger charge is 2.43. The van der Waals surface area contributed by atoms with Crippen LogP contribution in [0, 0.1) is 0 Å². The average Bonchev–Trinajstić information content (AvgIpc) is 2.74. The van der Waals surface area contributed by atoms with Gasteiger partial charge in [-0.3, -0.25) is 14.4 Å². The van der Waals surface area contributed by atoms with E-state index in [1.165, 1.54) is 17.8 Å². The molecule has 2 saturated heterocycles. The lowest BCUT2D eigenvalue weighted by molar-refractivity contribution is -0.146. The van der Waals surface area contributed by atoms with Gasteiger partial charge in [0, 0.05) is 44.1 Å². The SMILES string of the molecule is CC(=O)N1CCN(C(=O)C2(NC(=O)/C=C/Sc3ccccc3)CCNCC2)CC1. The number of benzene rings is 1. The van der Waals surface area contributed by atoms with Gasteiger partial charge < -0.3 is 20.4 Å². The number of thioether (sulfide) groups is 1. The van der Waals surface area contributed by atoms with E-state index < -0.39 is 5.54 Å². The van der Waals surface area contributed by atoms with Crippen LogP contribution in [0.15, 0.2) is 46.7 Å². The van der Waals surface area contributed by atoms with Crippen LogP contribution in [0.3, 0.4) is 0 Å². The van der Waals surface area contributed by atoms with Crippen molar-refractivity contribution in [1.29, 1.82) is 0 Å². The van der Waals surface area contributed by atoms with Crippen molar-refractivity contribution in [3.8, 4) is 0 Å². The van der Waals surface area contributed by atoms with Crippen LogP contribution in [0.4, 0.5) is 0 Å². The Hall–Kier alpha value is -2.32. The number of carbonyl (C=O) groups is 3. The lowest BCUT2D eigenvalue weighted by atomic mass is 9.86. The van der Waals surface area contributed by atoms with E-state index in [-0.39, 0.29) is 17.7 Å². The highest BCUT2D eigenvalue weighted by atomic mass is 32.2. The van der Waals surface area contributed by atoms with Gasteiger partial charge >= 0.3 is 0 Å². The fourth-order valence-corrected chi connectivity index (χ4v) is 4.39. The molecule has 0 aromatic heterocycles. The first-order valence-corrected chi connectivity index (χ1v) is 10.8. The number of amides is 3. The summed E-state index contributed by atoms with van der Waals surface area (Å²) < 4.78 is 0. The molecule has 0 radical (unpaired) electrons. The van der Waals surface area contributed by atoms with Gasteiger partial charge in [0.2, 0.25) is 17.7 Å². The second-order valence-corrected chi connectivity index (χ2v) is 8.33. The number of hydrogen-bond donors (Lipinski definition) is 2. The largest absolute Gasteiger partial charge is 0.339 e. The van der Waals surface area contributed by atoms with Crippen LogP contribution in [0.25, 0.3) is 0 Å². The second-order valence-electron chi connectivity index (χ2n) is 7.35. The minimum atomic E-state index is -0.886. The van der Waals surface area contributed by atoms with E-state index in [2.05, 4.69) is 10.6 Å². The van der Waals surface area contributed by atoms with Gasteiger partial charge in [0.25, 0.3) is 0 Å². The molecular weight excluding hydrogens is 388 g/mol. The summed E-state index contributed by atoms with van der Waals surface area (Å²) in [6.07, 6.45) is 2.61. The van der Waals surface area contributed by atoms with E-state index >= 15 is 0 Å². The molecule has 1 aromatic rings. The predicted octanol–water partition coefficient (Wildman–Crippen LogP) is 1.22. The minimum absolute atomic E-state index is 0.0306. The average molecular weight is 417 g/mol. The van der Waals surface area contributed by atoms with Gasteiger partial charge in [-0.15, -0.1) is 0 Å². The molecule has 2 fully saturated rings. The third-order valence-electron chi connectivity index (χ3n) is 5.41. The second kappa shape index (κ2) is 9.93. The molecule has 0 saturated carbocycles. The van der Waals surface area contributed by atoms with E-state index in [4.69, 9.17) is 0 Å². The molecule has 156 valence electrons. The summed E-state index contributed by atoms with van der Waals surface area (Å²) in [5.74, 6) is -0.270. The van der Waals surface area contributed by atoms with Crippen LogP contribution in [-0.2, 0) is 14.4 Å². The molecule has 0 aliphatic carbocycles. The summed E-state index contributed by atoms with van der Waals surface area (Å²) in [7, 11) is 0. The Morgan fingerprint density at radius 1 is 1.03 bits per heavy atom. The number of rotatable bonds is 5. The lowest BCUT2D eigenvalue weighted by Crippen LogP contribution is -2.65. The van der Waals surface area contributed by atoms with Gasteiger partial charge in [0.05, 0.1) is 0 Å². The van der Waals surface area contributed by atoms with Gasteiger partial charge in [-0.05, 0) is 43.5 Å². The van der Waals surface area contributed by atoms with Gasteiger partial charge in [-0.2, -0.15) is 0 Å². The van der Waals surface area contributed by atoms with E-state index in [0.29, 0.717) is 52.1 Å². The Kier molecular flexibility index (Phi) is 7.33. The predicted molar refractivity (Wildman–Crippen MR) is 113 cm³/mol. The first-order valence-electron chi connectivity index (χ1n) is 9.96. The third-order valence-corrected chi connectivity index (χ3v) is 6.22. The van der Waals surface area contributed by atoms with Crippen molar-refractivity contribution in [2.24, 2.45) is 0 Å². The molecule has 7 nitrogen and oxygen atoms in total. The quantitative estimate of drug-likeness (QED) is 0.557. The van der Waals surface area contributed by atoms with E-state index in [9.17, 15) is 14.4 Å². The lowest BCUT2D eigenvalue weighted by Gasteiger charge is -2.43. The zero-order valence-corrected chi connectivity index (χ0v) is 17.5. The molecule has 29 heavy (non-hydrogen) atoms. The fraction of sp³-hybridized carbons (Fsp3) is 0.476. The van der Waals surface area contributed by atoms with Crippen molar-refractivity contribution >= 4 is 29.5 Å². The highest BCUT2D eigenvalue weighted by molar-refractivity contribution is 8.02. The maximum atomic E-state index is 13.3. The molecule has 2 heterocycles. The molecule has 0 spiro atoms. The van der Waals surface area contributed by atoms with Crippen LogP contribution in [0.2, 0.25) is 0 Å². The third kappa shape index (κ3) is 5.61. The molecule has 0 unspecified atom stereocenters. The summed E-state index contributed by atoms with van der Waals surface area (Å²) in [5, 5.41) is 8.00. The number of nitrogens with one attached hydrogen (secondary N) is 2. The number of nitrogens with zero attached hydrogens (tertiary/aromatic N) is 2. The van der Waals surface area contributed by atoms with Gasteiger partial charge in [0.1, 0.15) is 5.54 Å². The Morgan fingerprint density at radius 3 is 2.28 bits per heavy atom. The molecule has 3 amide bonds. The zero-order chi connectivity index (χ0) is 20.7. The molecule has 2 N–H and O–H groups in total. The monoisotopic (exact) mass is 416 g/mol. The summed E-state index contributed by atoms with van der Waals surface area (Å²) >= 11 is 1.46. The van der Waals surface area contributed by atoms with Gasteiger partial charge in [0.15, 0.2) is 0 Å². The normalized spacial score (nSPS) is 19.2. The Balaban J connectivity index is 1.62. The molecule has 2 aliphatic rings. The van der Waals surface area contributed by atoms with Crippen molar-refractivity contribution < 1.29 is 14.4 Å². The maximum absolute atomic E-state index is 13.3. The van der Waals surface area contributed by atoms with Crippen molar-refractivity contribution in [3.63, 3.8) is 0 Å². The summed E-state index contributed by atoms with van der Waals surface area (Å²) in [6.45, 7) is 5.00.